The van der Waals surface area contributed by atoms with Gasteiger partial charge in [0.1, 0.15) is 11.3 Å². The number of ether oxygens (including phenoxy) is 1. The molecule has 0 bridgehead atoms. The lowest BCUT2D eigenvalue weighted by atomic mass is 10.0. The third-order valence-corrected chi connectivity index (χ3v) is 3.38. The minimum absolute atomic E-state index is 0.0969. The minimum atomic E-state index is -0.647. The molecule has 0 saturated heterocycles. The van der Waals surface area contributed by atoms with E-state index in [1.54, 1.807) is 18.2 Å². The summed E-state index contributed by atoms with van der Waals surface area (Å²) in [6.07, 6.45) is 1.10. The summed E-state index contributed by atoms with van der Waals surface area (Å²) in [5.41, 5.74) is 6.59. The van der Waals surface area contributed by atoms with Crippen molar-refractivity contribution in [3.63, 3.8) is 0 Å². The van der Waals surface area contributed by atoms with Crippen LogP contribution >= 0.6 is 0 Å². The number of esters is 1. The molecule has 0 aliphatic heterocycles. The molecular formula is C16H18N2O5. The van der Waals surface area contributed by atoms with E-state index in [1.807, 2.05) is 0 Å². The molecule has 1 heterocycles. The number of carbonyl (C=O) groups excluding carboxylic acids is 2. The Hall–Kier alpha value is -2.83. The Morgan fingerprint density at radius 2 is 2.09 bits per heavy atom. The number of rotatable bonds is 5. The summed E-state index contributed by atoms with van der Waals surface area (Å²) < 4.78 is 9.83. The largest absolute Gasteiger partial charge is 0.469 e. The van der Waals surface area contributed by atoms with Gasteiger partial charge in [-0.15, -0.1) is 0 Å². The van der Waals surface area contributed by atoms with Crippen LogP contribution in [0.2, 0.25) is 0 Å². The summed E-state index contributed by atoms with van der Waals surface area (Å²) in [6, 6.07) is 4.97. The second kappa shape index (κ2) is 6.95. The van der Waals surface area contributed by atoms with Crippen LogP contribution in [0.15, 0.2) is 27.4 Å². The molecule has 1 aromatic carbocycles. The molecule has 2 aromatic rings. The number of anilines is 2. The molecule has 7 nitrogen and oxygen atoms in total. The molecule has 0 aliphatic carbocycles. The summed E-state index contributed by atoms with van der Waals surface area (Å²) in [4.78, 5) is 34.7. The van der Waals surface area contributed by atoms with Crippen LogP contribution in [-0.4, -0.2) is 19.0 Å². The number of nitrogen functional groups attached to an aromatic ring is 1. The first-order valence-corrected chi connectivity index (χ1v) is 7.12. The Kier molecular flexibility index (Phi) is 5.00. The third kappa shape index (κ3) is 3.88. The van der Waals surface area contributed by atoms with Crippen LogP contribution in [0, 0.1) is 0 Å². The highest BCUT2D eigenvalue weighted by Crippen LogP contribution is 2.26. The second-order valence-corrected chi connectivity index (χ2v) is 5.11. The van der Waals surface area contributed by atoms with Crippen LogP contribution in [-0.2, 0) is 20.7 Å². The van der Waals surface area contributed by atoms with Gasteiger partial charge in [0.25, 0.3) is 0 Å². The highest BCUT2D eigenvalue weighted by molar-refractivity contribution is 5.94. The van der Waals surface area contributed by atoms with E-state index < -0.39 is 5.63 Å². The quantitative estimate of drug-likeness (QED) is 0.494. The van der Waals surface area contributed by atoms with Gasteiger partial charge in [-0.25, -0.2) is 4.79 Å². The van der Waals surface area contributed by atoms with Gasteiger partial charge in [-0.1, -0.05) is 0 Å². The minimum Gasteiger partial charge on any atom is -0.469 e. The lowest BCUT2D eigenvalue weighted by Crippen LogP contribution is -2.17. The predicted octanol–water partition coefficient (Wildman–Crippen LogP) is 1.83. The number of benzene rings is 1. The molecule has 0 unspecified atom stereocenters. The molecule has 23 heavy (non-hydrogen) atoms. The summed E-state index contributed by atoms with van der Waals surface area (Å²) in [5, 5.41) is 3.18. The number of nitrogens with two attached hydrogens (primary N) is 1. The van der Waals surface area contributed by atoms with Crippen molar-refractivity contribution in [2.24, 2.45) is 0 Å². The SMILES string of the molecule is COC(=O)CCCc1c(NC(C)=O)c(=O)oc2cc(N)ccc12. The van der Waals surface area contributed by atoms with Gasteiger partial charge in [-0.3, -0.25) is 9.59 Å². The number of methoxy groups -OCH3 is 1. The van der Waals surface area contributed by atoms with Crippen LogP contribution in [0.25, 0.3) is 11.0 Å². The molecule has 0 fully saturated rings. The van der Waals surface area contributed by atoms with Crippen molar-refractivity contribution in [3.8, 4) is 0 Å². The van der Waals surface area contributed by atoms with Gasteiger partial charge >= 0.3 is 11.6 Å². The predicted molar refractivity (Wildman–Crippen MR) is 86.2 cm³/mol. The Balaban J connectivity index is 2.49. The molecule has 0 atom stereocenters. The highest BCUT2D eigenvalue weighted by atomic mass is 16.5. The molecule has 122 valence electrons. The fourth-order valence-electron chi connectivity index (χ4n) is 2.36. The van der Waals surface area contributed by atoms with Crippen molar-refractivity contribution in [3.05, 3.63) is 34.2 Å². The molecule has 0 radical (unpaired) electrons. The molecule has 0 aliphatic rings. The van der Waals surface area contributed by atoms with Crippen molar-refractivity contribution in [2.45, 2.75) is 26.2 Å². The van der Waals surface area contributed by atoms with E-state index in [9.17, 15) is 14.4 Å². The number of hydrogen-bond donors (Lipinski definition) is 2. The van der Waals surface area contributed by atoms with Crippen molar-refractivity contribution in [2.75, 3.05) is 18.2 Å². The van der Waals surface area contributed by atoms with E-state index in [4.69, 9.17) is 10.2 Å². The van der Waals surface area contributed by atoms with E-state index in [0.29, 0.717) is 35.1 Å². The molecule has 0 spiro atoms. The number of amides is 1. The first-order valence-electron chi connectivity index (χ1n) is 7.12. The van der Waals surface area contributed by atoms with Gasteiger partial charge < -0.3 is 20.2 Å². The molecule has 0 saturated carbocycles. The van der Waals surface area contributed by atoms with Crippen LogP contribution < -0.4 is 16.7 Å². The zero-order valence-electron chi connectivity index (χ0n) is 13.0. The fourth-order valence-corrected chi connectivity index (χ4v) is 2.36. The average molecular weight is 318 g/mol. The van der Waals surface area contributed by atoms with Gasteiger partial charge in [0, 0.05) is 30.5 Å². The van der Waals surface area contributed by atoms with Crippen LogP contribution in [0.5, 0.6) is 0 Å². The Morgan fingerprint density at radius 3 is 2.74 bits per heavy atom. The van der Waals surface area contributed by atoms with Gasteiger partial charge in [0.15, 0.2) is 0 Å². The molecule has 7 heteroatoms. The first kappa shape index (κ1) is 16.5. The standard InChI is InChI=1S/C16H18N2O5/c1-9(19)18-15-12(4-3-5-14(20)22-2)11-7-6-10(17)8-13(11)23-16(15)21/h6-8H,3-5,17H2,1-2H3,(H,18,19). The number of carbonyl (C=O) groups is 2. The van der Waals surface area contributed by atoms with E-state index >= 15 is 0 Å². The maximum absolute atomic E-state index is 12.1. The fraction of sp³-hybridized carbons (Fsp3) is 0.312. The Labute approximate surface area is 132 Å². The molecular weight excluding hydrogens is 300 g/mol. The Bertz CT molecular complexity index is 810. The molecule has 2 rings (SSSR count). The maximum atomic E-state index is 12.1. The van der Waals surface area contributed by atoms with E-state index in [-0.39, 0.29) is 24.0 Å². The summed E-state index contributed by atoms with van der Waals surface area (Å²) >= 11 is 0. The normalized spacial score (nSPS) is 10.5. The van der Waals surface area contributed by atoms with Crippen molar-refractivity contribution in [1.82, 2.24) is 0 Å². The Morgan fingerprint density at radius 1 is 1.35 bits per heavy atom. The van der Waals surface area contributed by atoms with Crippen molar-refractivity contribution >= 4 is 34.2 Å². The van der Waals surface area contributed by atoms with Gasteiger partial charge in [-0.05, 0) is 30.5 Å². The number of aryl methyl sites for hydroxylation is 1. The monoisotopic (exact) mass is 318 g/mol. The maximum Gasteiger partial charge on any atom is 0.360 e. The van der Waals surface area contributed by atoms with Crippen LogP contribution in [0.1, 0.15) is 25.3 Å². The van der Waals surface area contributed by atoms with Crippen LogP contribution in [0.3, 0.4) is 0 Å². The molecule has 1 amide bonds. The van der Waals surface area contributed by atoms with Crippen molar-refractivity contribution < 1.29 is 18.7 Å². The van der Waals surface area contributed by atoms with Gasteiger partial charge in [0.2, 0.25) is 5.91 Å². The summed E-state index contributed by atoms with van der Waals surface area (Å²) in [6.45, 7) is 1.31. The molecule has 1 aromatic heterocycles. The zero-order chi connectivity index (χ0) is 17.0. The average Bonchev–Trinajstić information content (AvgIpc) is 2.49. The smallest absolute Gasteiger partial charge is 0.360 e. The topological polar surface area (TPSA) is 112 Å². The first-order chi connectivity index (χ1) is 10.9. The highest BCUT2D eigenvalue weighted by Gasteiger charge is 2.16. The van der Waals surface area contributed by atoms with E-state index in [0.717, 1.165) is 0 Å². The zero-order valence-corrected chi connectivity index (χ0v) is 13.0. The number of fused-ring (bicyclic) bond motifs is 1. The second-order valence-electron chi connectivity index (χ2n) is 5.11. The van der Waals surface area contributed by atoms with Crippen LogP contribution in [0.4, 0.5) is 11.4 Å². The molecule has 3 N–H and O–H groups in total. The summed E-state index contributed by atoms with van der Waals surface area (Å²) in [5.74, 6) is -0.705. The third-order valence-electron chi connectivity index (χ3n) is 3.38. The van der Waals surface area contributed by atoms with E-state index in [2.05, 4.69) is 10.1 Å². The van der Waals surface area contributed by atoms with Gasteiger partial charge in [0.05, 0.1) is 7.11 Å². The van der Waals surface area contributed by atoms with E-state index in [1.165, 1.54) is 14.0 Å². The van der Waals surface area contributed by atoms with Gasteiger partial charge in [-0.2, -0.15) is 0 Å². The number of hydrogen-bond acceptors (Lipinski definition) is 6. The lowest BCUT2D eigenvalue weighted by Gasteiger charge is -2.12. The summed E-state index contributed by atoms with van der Waals surface area (Å²) in [7, 11) is 1.32. The number of nitrogens with one attached hydrogen (secondary N) is 1. The lowest BCUT2D eigenvalue weighted by molar-refractivity contribution is -0.140. The van der Waals surface area contributed by atoms with Crippen molar-refractivity contribution in [1.29, 1.82) is 0 Å².